The van der Waals surface area contributed by atoms with Gasteiger partial charge in [0.25, 0.3) is 0 Å². The van der Waals surface area contributed by atoms with E-state index in [2.05, 4.69) is 42.3 Å². The highest BCUT2D eigenvalue weighted by Gasteiger charge is 1.96. The predicted molar refractivity (Wildman–Crippen MR) is 45.9 cm³/mol. The zero-order valence-corrected chi connectivity index (χ0v) is 7.39. The monoisotopic (exact) mass is 147 g/mol. The minimum absolute atomic E-state index is 0.622. The summed E-state index contributed by atoms with van der Waals surface area (Å²) >= 11 is 0. The Balaban J connectivity index is 2.96. The van der Waals surface area contributed by atoms with Crippen LogP contribution in [0.25, 0.3) is 0 Å². The Bertz CT molecular complexity index is 216. The minimum atomic E-state index is 0.622. The van der Waals surface area contributed by atoms with Crippen molar-refractivity contribution < 1.29 is 0 Å². The number of hydrogen-bond acceptors (Lipinski definition) is 0. The highest BCUT2D eigenvalue weighted by molar-refractivity contribution is 6.32. The van der Waals surface area contributed by atoms with Crippen LogP contribution in [-0.2, 0) is 0 Å². The lowest BCUT2D eigenvalue weighted by Crippen LogP contribution is -2.02. The van der Waals surface area contributed by atoms with Gasteiger partial charge in [-0.25, -0.2) is 0 Å². The molecule has 3 radical (unpaired) electrons. The van der Waals surface area contributed by atoms with Gasteiger partial charge in [0.15, 0.2) is 0 Å². The van der Waals surface area contributed by atoms with E-state index in [1.165, 1.54) is 5.56 Å². The molecule has 10 heavy (non-hydrogen) atoms. The topological polar surface area (TPSA) is 0 Å². The summed E-state index contributed by atoms with van der Waals surface area (Å²) in [4.78, 5) is 0. The molecule has 1 aromatic rings. The molecule has 0 unspecified atom stereocenters. The van der Waals surface area contributed by atoms with Crippen LogP contribution in [0.15, 0.2) is 24.3 Å². The molecule has 0 fully saturated rings. The molecule has 51 valence electrons. The van der Waals surface area contributed by atoms with Crippen LogP contribution in [0.3, 0.4) is 0 Å². The summed E-state index contributed by atoms with van der Waals surface area (Å²) in [5, 5.41) is 1.16. The summed E-state index contributed by atoms with van der Waals surface area (Å²) in [6, 6.07) is 8.41. The van der Waals surface area contributed by atoms with Gasteiger partial charge in [-0.15, -0.1) is 0 Å². The molecule has 0 saturated heterocycles. The van der Waals surface area contributed by atoms with Gasteiger partial charge in [-0.2, -0.15) is 0 Å². The molecule has 0 spiro atoms. The molecule has 0 amide bonds. The second-order valence-electron chi connectivity index (χ2n) is 2.78. The largest absolute Gasteiger partial charge is 0.0711 e. The first-order valence-electron chi connectivity index (χ1n) is 3.51. The van der Waals surface area contributed by atoms with Crippen molar-refractivity contribution >= 4 is 15.4 Å². The van der Waals surface area contributed by atoms with Gasteiger partial charge in [-0.1, -0.05) is 43.3 Å². The van der Waals surface area contributed by atoms with Crippen LogP contribution in [0.5, 0.6) is 0 Å². The fourth-order valence-corrected chi connectivity index (χ4v) is 1.16. The van der Waals surface area contributed by atoms with E-state index < -0.39 is 0 Å². The zero-order valence-electron chi connectivity index (χ0n) is 6.39. The number of hydrogen-bond donors (Lipinski definition) is 0. The normalized spacial score (nSPS) is 10.4. The molecular weight excluding hydrogens is 136 g/mol. The highest BCUT2D eigenvalue weighted by atomic mass is 28.1. The Hall–Kier alpha value is -0.563. The van der Waals surface area contributed by atoms with E-state index >= 15 is 0 Å². The van der Waals surface area contributed by atoms with Gasteiger partial charge >= 0.3 is 0 Å². The fraction of sp³-hybridized carbons (Fsp3) is 0.333. The Morgan fingerprint density at radius 1 is 1.30 bits per heavy atom. The van der Waals surface area contributed by atoms with Gasteiger partial charge in [-0.3, -0.25) is 0 Å². The third-order valence-corrected chi connectivity index (χ3v) is 1.86. The molecule has 1 rings (SSSR count). The van der Waals surface area contributed by atoms with Crippen LogP contribution < -0.4 is 5.19 Å². The molecule has 0 aliphatic heterocycles. The van der Waals surface area contributed by atoms with E-state index in [0.29, 0.717) is 5.92 Å². The van der Waals surface area contributed by atoms with Crippen molar-refractivity contribution in [1.82, 2.24) is 0 Å². The van der Waals surface area contributed by atoms with Crippen molar-refractivity contribution in [3.63, 3.8) is 0 Å². The molecule has 0 N–H and O–H groups in total. The van der Waals surface area contributed by atoms with Crippen molar-refractivity contribution in [2.75, 3.05) is 0 Å². The van der Waals surface area contributed by atoms with Crippen LogP contribution in [0.1, 0.15) is 25.3 Å². The lowest BCUT2D eigenvalue weighted by Gasteiger charge is -2.04. The lowest BCUT2D eigenvalue weighted by molar-refractivity contribution is 0.868. The van der Waals surface area contributed by atoms with Crippen molar-refractivity contribution in [1.29, 1.82) is 0 Å². The summed E-state index contributed by atoms with van der Waals surface area (Å²) in [6.07, 6.45) is 0. The molecule has 0 aliphatic carbocycles. The third kappa shape index (κ3) is 1.71. The highest BCUT2D eigenvalue weighted by Crippen LogP contribution is 2.10. The van der Waals surface area contributed by atoms with Crippen LogP contribution in [0, 0.1) is 0 Å². The van der Waals surface area contributed by atoms with Gasteiger partial charge in [-0.05, 0) is 11.5 Å². The first-order chi connectivity index (χ1) is 4.70. The molecule has 0 aromatic heterocycles. The number of benzene rings is 1. The van der Waals surface area contributed by atoms with E-state index in [-0.39, 0.29) is 0 Å². The standard InChI is InChI=1S/C9H11Si/c1-7(2)8-4-3-5-9(10)6-8/h3-7H,1-2H3. The first-order valence-corrected chi connectivity index (χ1v) is 4.01. The summed E-state index contributed by atoms with van der Waals surface area (Å²) in [5.41, 5.74) is 1.38. The SMILES string of the molecule is CC(C)c1cccc([Si])c1. The maximum absolute atomic E-state index is 3.48. The lowest BCUT2D eigenvalue weighted by atomic mass is 10.0. The van der Waals surface area contributed by atoms with Gasteiger partial charge < -0.3 is 0 Å². The van der Waals surface area contributed by atoms with Crippen LogP contribution >= 0.6 is 0 Å². The average Bonchev–Trinajstić information content (AvgIpc) is 1.88. The molecule has 1 aromatic carbocycles. The molecule has 0 heterocycles. The molecule has 0 atom stereocenters. The molecular formula is C9H11Si. The Kier molecular flexibility index (Phi) is 2.28. The van der Waals surface area contributed by atoms with Crippen molar-refractivity contribution in [2.24, 2.45) is 0 Å². The van der Waals surface area contributed by atoms with E-state index in [1.807, 2.05) is 6.07 Å². The van der Waals surface area contributed by atoms with Gasteiger partial charge in [0, 0.05) is 0 Å². The van der Waals surface area contributed by atoms with Gasteiger partial charge in [0.05, 0.1) is 10.2 Å². The van der Waals surface area contributed by atoms with Crippen LogP contribution in [0.4, 0.5) is 0 Å². The van der Waals surface area contributed by atoms with E-state index in [1.54, 1.807) is 0 Å². The summed E-state index contributed by atoms with van der Waals surface area (Å²) in [5.74, 6) is 0.622. The Labute approximate surface area is 65.7 Å². The maximum atomic E-state index is 3.48. The Morgan fingerprint density at radius 2 is 2.00 bits per heavy atom. The van der Waals surface area contributed by atoms with E-state index in [9.17, 15) is 0 Å². The fourth-order valence-electron chi connectivity index (χ4n) is 0.898. The van der Waals surface area contributed by atoms with Gasteiger partial charge in [0.1, 0.15) is 0 Å². The second-order valence-corrected chi connectivity index (χ2v) is 3.36. The van der Waals surface area contributed by atoms with E-state index in [4.69, 9.17) is 0 Å². The molecule has 0 saturated carbocycles. The minimum Gasteiger partial charge on any atom is -0.0671 e. The van der Waals surface area contributed by atoms with E-state index in [0.717, 1.165) is 5.19 Å². The van der Waals surface area contributed by atoms with Crippen molar-refractivity contribution in [2.45, 2.75) is 19.8 Å². The predicted octanol–water partition coefficient (Wildman–Crippen LogP) is 1.60. The molecule has 0 nitrogen and oxygen atoms in total. The molecule has 0 aliphatic rings. The quantitative estimate of drug-likeness (QED) is 0.529. The van der Waals surface area contributed by atoms with Crippen LogP contribution in [-0.4, -0.2) is 10.2 Å². The van der Waals surface area contributed by atoms with Gasteiger partial charge in [0.2, 0.25) is 0 Å². The third-order valence-electron chi connectivity index (χ3n) is 1.55. The summed E-state index contributed by atoms with van der Waals surface area (Å²) < 4.78 is 0. The molecule has 0 bridgehead atoms. The van der Waals surface area contributed by atoms with Crippen LogP contribution in [0.2, 0.25) is 0 Å². The first kappa shape index (κ1) is 7.54. The van der Waals surface area contributed by atoms with Crippen molar-refractivity contribution in [3.8, 4) is 0 Å². The average molecular weight is 147 g/mol. The second kappa shape index (κ2) is 3.02. The Morgan fingerprint density at radius 3 is 2.40 bits per heavy atom. The summed E-state index contributed by atoms with van der Waals surface area (Å²) in [7, 11) is 3.48. The maximum Gasteiger partial charge on any atom is 0.0711 e. The van der Waals surface area contributed by atoms with Crippen molar-refractivity contribution in [3.05, 3.63) is 29.8 Å². The number of rotatable bonds is 1. The smallest absolute Gasteiger partial charge is 0.0671 e. The summed E-state index contributed by atoms with van der Waals surface area (Å²) in [6.45, 7) is 4.39. The molecule has 1 heteroatoms. The zero-order chi connectivity index (χ0) is 7.56.